The highest BCUT2D eigenvalue weighted by Crippen LogP contribution is 2.35. The van der Waals surface area contributed by atoms with E-state index in [0.29, 0.717) is 18.0 Å². The van der Waals surface area contributed by atoms with Crippen LogP contribution in [0.1, 0.15) is 24.6 Å². The Balaban J connectivity index is 1.86. The van der Waals surface area contributed by atoms with Crippen LogP contribution >= 0.6 is 11.3 Å². The molecule has 0 radical (unpaired) electrons. The van der Waals surface area contributed by atoms with Gasteiger partial charge in [0.1, 0.15) is 22.1 Å². The number of carbonyl (C=O) groups excluding carboxylic acids is 1. The van der Waals surface area contributed by atoms with Crippen LogP contribution in [0.3, 0.4) is 0 Å². The number of hydrogen-bond donors (Lipinski definition) is 1. The van der Waals surface area contributed by atoms with Gasteiger partial charge in [0.15, 0.2) is 4.90 Å². The molecule has 13 heteroatoms. The molecule has 1 unspecified atom stereocenters. The quantitative estimate of drug-likeness (QED) is 0.352. The van der Waals surface area contributed by atoms with Crippen molar-refractivity contribution in [3.8, 4) is 16.3 Å². The summed E-state index contributed by atoms with van der Waals surface area (Å²) in [5.74, 6) is -0.495. The molecule has 1 atom stereocenters. The Bertz CT molecular complexity index is 1030. The van der Waals surface area contributed by atoms with Gasteiger partial charge in [-0.2, -0.15) is 0 Å². The van der Waals surface area contributed by atoms with Gasteiger partial charge < -0.3 is 18.6 Å². The zero-order valence-electron chi connectivity index (χ0n) is 16.8. The third-order valence-electron chi connectivity index (χ3n) is 3.97. The first kappa shape index (κ1) is 23.9. The average Bonchev–Trinajstić information content (AvgIpc) is 3.39. The Morgan fingerprint density at radius 2 is 2.19 bits per heavy atom. The summed E-state index contributed by atoms with van der Waals surface area (Å²) >= 11 is -0.891. The molecule has 0 saturated heterocycles. The van der Waals surface area contributed by atoms with Crippen molar-refractivity contribution in [2.24, 2.45) is 0 Å². The molecule has 2 heterocycles. The Kier molecular flexibility index (Phi) is 7.99. The molecular formula is C19H19F3N4O4S2. The van der Waals surface area contributed by atoms with E-state index in [9.17, 15) is 22.5 Å². The molecule has 8 nitrogen and oxygen atoms in total. The summed E-state index contributed by atoms with van der Waals surface area (Å²) in [6, 6.07) is 3.30. The highest BCUT2D eigenvalue weighted by atomic mass is 32.2. The van der Waals surface area contributed by atoms with Crippen molar-refractivity contribution in [3.05, 3.63) is 48.0 Å². The molecular weight excluding hydrogens is 469 g/mol. The minimum atomic E-state index is -4.89. The van der Waals surface area contributed by atoms with Crippen molar-refractivity contribution in [2.75, 3.05) is 6.61 Å². The first-order chi connectivity index (χ1) is 15.2. The van der Waals surface area contributed by atoms with Gasteiger partial charge >= 0.3 is 12.5 Å². The molecule has 3 rings (SSSR count). The van der Waals surface area contributed by atoms with E-state index in [1.54, 1.807) is 29.5 Å². The molecule has 3 aromatic rings. The molecule has 0 spiro atoms. The normalized spacial score (nSPS) is 12.4. The number of alkyl halides is 3. The van der Waals surface area contributed by atoms with E-state index >= 15 is 0 Å². The summed E-state index contributed by atoms with van der Waals surface area (Å²) in [6.45, 7) is 2.54. The van der Waals surface area contributed by atoms with Crippen LogP contribution in [0, 0.1) is 0 Å². The number of hydrogen-bond acceptors (Lipinski definition) is 7. The third-order valence-corrected chi connectivity index (χ3v) is 6.10. The standard InChI is InChI=1S/C19H19F3N4O4S2/c1-2-3-8-29-18(27)25-32(28)16-5-4-13(30-19(20,21)22)9-15(16)17-24-10-14(31-17)11-26-7-6-23-12-26/h4-7,9-10,12H,2-3,8,11H2,1H3,(H,25,27). The molecule has 1 N–H and O–H groups in total. The molecule has 1 aromatic carbocycles. The second kappa shape index (κ2) is 10.7. The number of rotatable bonds is 9. The SMILES string of the molecule is CCCCOC(=O)N[S+]([O-])c1ccc(OC(F)(F)F)cc1-c1ncc(Cn2ccnc2)s1. The Labute approximate surface area is 188 Å². The second-order valence-corrected chi connectivity index (χ2v) is 8.73. The van der Waals surface area contributed by atoms with Crippen LogP contribution in [0.4, 0.5) is 18.0 Å². The maximum absolute atomic E-state index is 12.7. The van der Waals surface area contributed by atoms with E-state index in [4.69, 9.17) is 4.74 Å². The number of nitrogens with one attached hydrogen (secondary N) is 1. The van der Waals surface area contributed by atoms with Gasteiger partial charge in [0.25, 0.3) is 0 Å². The number of nitrogens with zero attached hydrogens (tertiary/aromatic N) is 3. The number of halogens is 3. The van der Waals surface area contributed by atoms with Crippen molar-refractivity contribution in [1.29, 1.82) is 0 Å². The summed E-state index contributed by atoms with van der Waals surface area (Å²) in [7, 11) is 0. The van der Waals surface area contributed by atoms with E-state index in [2.05, 4.69) is 19.4 Å². The Hall–Kier alpha value is -2.77. The highest BCUT2D eigenvalue weighted by Gasteiger charge is 2.32. The fourth-order valence-corrected chi connectivity index (χ4v) is 4.45. The van der Waals surface area contributed by atoms with Crippen LogP contribution in [0.15, 0.2) is 48.0 Å². The van der Waals surface area contributed by atoms with E-state index in [0.717, 1.165) is 23.4 Å². The van der Waals surface area contributed by atoms with Crippen LogP contribution in [0.2, 0.25) is 0 Å². The number of benzene rings is 1. The lowest BCUT2D eigenvalue weighted by molar-refractivity contribution is -0.274. The van der Waals surface area contributed by atoms with Crippen LogP contribution in [-0.2, 0) is 22.6 Å². The number of aromatic nitrogens is 3. The van der Waals surface area contributed by atoms with Crippen molar-refractivity contribution < 1.29 is 32.0 Å². The maximum Gasteiger partial charge on any atom is 0.573 e. The van der Waals surface area contributed by atoms with Crippen LogP contribution in [0.25, 0.3) is 10.6 Å². The average molecular weight is 489 g/mol. The Morgan fingerprint density at radius 1 is 1.38 bits per heavy atom. The van der Waals surface area contributed by atoms with Crippen molar-refractivity contribution in [1.82, 2.24) is 19.3 Å². The number of imidazole rings is 1. The van der Waals surface area contributed by atoms with Crippen molar-refractivity contribution in [3.63, 3.8) is 0 Å². The smallest absolute Gasteiger partial charge is 0.573 e. The van der Waals surface area contributed by atoms with Gasteiger partial charge in [-0.25, -0.2) is 14.8 Å². The molecule has 1 amide bonds. The van der Waals surface area contributed by atoms with Gasteiger partial charge in [-0.3, -0.25) is 0 Å². The minimum Gasteiger partial charge on any atom is -0.588 e. The van der Waals surface area contributed by atoms with Crippen LogP contribution < -0.4 is 9.46 Å². The summed E-state index contributed by atoms with van der Waals surface area (Å²) in [5, 5.41) is 0.317. The molecule has 0 aliphatic heterocycles. The molecule has 32 heavy (non-hydrogen) atoms. The topological polar surface area (TPSA) is 101 Å². The zero-order valence-corrected chi connectivity index (χ0v) is 18.4. The lowest BCUT2D eigenvalue weighted by atomic mass is 10.2. The largest absolute Gasteiger partial charge is 0.588 e. The molecule has 0 saturated carbocycles. The molecule has 2 aromatic heterocycles. The predicted octanol–water partition coefficient (Wildman–Crippen LogP) is 4.50. The first-order valence-corrected chi connectivity index (χ1v) is 11.4. The molecule has 0 fully saturated rings. The lowest BCUT2D eigenvalue weighted by Crippen LogP contribution is -2.31. The number of ether oxygens (including phenoxy) is 2. The van der Waals surface area contributed by atoms with Gasteiger partial charge in [0.05, 0.1) is 25.0 Å². The Morgan fingerprint density at radius 3 is 2.88 bits per heavy atom. The fourth-order valence-electron chi connectivity index (χ4n) is 2.57. The summed E-state index contributed by atoms with van der Waals surface area (Å²) in [4.78, 5) is 20.9. The number of amides is 1. The summed E-state index contributed by atoms with van der Waals surface area (Å²) < 4.78 is 63.7. The predicted molar refractivity (Wildman–Crippen MR) is 111 cm³/mol. The van der Waals surface area contributed by atoms with Crippen molar-refractivity contribution >= 4 is 28.8 Å². The zero-order chi connectivity index (χ0) is 23.1. The molecule has 0 aliphatic rings. The van der Waals surface area contributed by atoms with E-state index in [1.807, 2.05) is 6.92 Å². The number of carbonyl (C=O) groups is 1. The van der Waals surface area contributed by atoms with E-state index in [-0.39, 0.29) is 17.1 Å². The summed E-state index contributed by atoms with van der Waals surface area (Å²) in [6.07, 6.45) is 2.23. The van der Waals surface area contributed by atoms with E-state index < -0.39 is 29.6 Å². The first-order valence-electron chi connectivity index (χ1n) is 9.41. The van der Waals surface area contributed by atoms with Gasteiger partial charge in [0.2, 0.25) is 0 Å². The van der Waals surface area contributed by atoms with E-state index in [1.165, 1.54) is 17.4 Å². The summed E-state index contributed by atoms with van der Waals surface area (Å²) in [5.41, 5.74) is 0.140. The van der Waals surface area contributed by atoms with Crippen molar-refractivity contribution in [2.45, 2.75) is 37.6 Å². The highest BCUT2D eigenvalue weighted by molar-refractivity contribution is 7.90. The lowest BCUT2D eigenvalue weighted by Gasteiger charge is -2.15. The maximum atomic E-state index is 12.7. The van der Waals surface area contributed by atoms with Gasteiger partial charge in [-0.1, -0.05) is 13.3 Å². The van der Waals surface area contributed by atoms with Crippen LogP contribution in [0.5, 0.6) is 5.75 Å². The van der Waals surface area contributed by atoms with Crippen LogP contribution in [-0.4, -0.2) is 38.2 Å². The van der Waals surface area contributed by atoms with Gasteiger partial charge in [0, 0.05) is 29.5 Å². The minimum absolute atomic E-state index is 0.0653. The fraction of sp³-hybridized carbons (Fsp3) is 0.316. The second-order valence-electron chi connectivity index (χ2n) is 6.43. The monoisotopic (exact) mass is 488 g/mol. The molecule has 0 aliphatic carbocycles. The van der Waals surface area contributed by atoms with Gasteiger partial charge in [-0.15, -0.1) is 29.2 Å². The third kappa shape index (κ3) is 6.87. The molecule has 0 bridgehead atoms. The number of thiazole rings is 1. The number of unbranched alkanes of at least 4 members (excludes halogenated alkanes) is 1. The van der Waals surface area contributed by atoms with Gasteiger partial charge in [-0.05, 0) is 18.6 Å². The molecule has 172 valence electrons.